The standard InChI is InChI=1S/C16H12BrN3O/c1-10-7-15-19-16(11-3-5-12(21-2)6-4-11)14(8-18)20(15)9-13(10)17/h3-7,9H,1-2H3. The van der Waals surface area contributed by atoms with Crippen molar-refractivity contribution in [2.75, 3.05) is 7.11 Å². The van der Waals surface area contributed by atoms with Crippen LogP contribution in [0, 0.1) is 18.3 Å². The van der Waals surface area contributed by atoms with Crippen LogP contribution in [0.15, 0.2) is 41.0 Å². The summed E-state index contributed by atoms with van der Waals surface area (Å²) >= 11 is 3.49. The number of aryl methyl sites for hydroxylation is 1. The topological polar surface area (TPSA) is 50.3 Å². The summed E-state index contributed by atoms with van der Waals surface area (Å²) in [4.78, 5) is 4.59. The molecule has 0 amide bonds. The molecule has 104 valence electrons. The average molecular weight is 342 g/mol. The molecule has 0 atom stereocenters. The monoisotopic (exact) mass is 341 g/mol. The van der Waals surface area contributed by atoms with Gasteiger partial charge in [0.25, 0.3) is 0 Å². The largest absolute Gasteiger partial charge is 0.497 e. The van der Waals surface area contributed by atoms with E-state index in [0.717, 1.165) is 27.0 Å². The van der Waals surface area contributed by atoms with Gasteiger partial charge in [-0.2, -0.15) is 5.26 Å². The van der Waals surface area contributed by atoms with E-state index in [2.05, 4.69) is 27.0 Å². The molecular formula is C16H12BrN3O. The van der Waals surface area contributed by atoms with Crippen molar-refractivity contribution in [1.29, 1.82) is 5.26 Å². The fourth-order valence-corrected chi connectivity index (χ4v) is 2.54. The molecule has 0 aliphatic heterocycles. The Morgan fingerprint density at radius 2 is 2.00 bits per heavy atom. The van der Waals surface area contributed by atoms with Gasteiger partial charge >= 0.3 is 0 Å². The molecule has 0 saturated heterocycles. The van der Waals surface area contributed by atoms with Crippen molar-refractivity contribution in [3.63, 3.8) is 0 Å². The molecule has 0 unspecified atom stereocenters. The minimum atomic E-state index is 0.524. The number of nitrogens with zero attached hydrogens (tertiary/aromatic N) is 3. The fourth-order valence-electron chi connectivity index (χ4n) is 2.22. The van der Waals surface area contributed by atoms with Gasteiger partial charge in [0.05, 0.1) is 7.11 Å². The molecular weight excluding hydrogens is 330 g/mol. The number of hydrogen-bond acceptors (Lipinski definition) is 3. The number of rotatable bonds is 2. The number of ether oxygens (including phenoxy) is 1. The smallest absolute Gasteiger partial charge is 0.152 e. The van der Waals surface area contributed by atoms with Crippen LogP contribution in [0.3, 0.4) is 0 Å². The Balaban J connectivity index is 2.24. The summed E-state index contributed by atoms with van der Waals surface area (Å²) in [6.07, 6.45) is 1.88. The lowest BCUT2D eigenvalue weighted by Crippen LogP contribution is -1.91. The number of pyridine rings is 1. The van der Waals surface area contributed by atoms with Crippen molar-refractivity contribution in [1.82, 2.24) is 9.38 Å². The van der Waals surface area contributed by atoms with E-state index >= 15 is 0 Å². The van der Waals surface area contributed by atoms with Gasteiger partial charge < -0.3 is 4.74 Å². The highest BCUT2D eigenvalue weighted by atomic mass is 79.9. The third-order valence-electron chi connectivity index (χ3n) is 3.37. The molecule has 2 heterocycles. The molecule has 3 aromatic rings. The fraction of sp³-hybridized carbons (Fsp3) is 0.125. The van der Waals surface area contributed by atoms with Gasteiger partial charge in [0, 0.05) is 16.2 Å². The Bertz CT molecular complexity index is 860. The zero-order chi connectivity index (χ0) is 15.0. The first-order valence-corrected chi connectivity index (χ1v) is 7.16. The third-order valence-corrected chi connectivity index (χ3v) is 4.20. The zero-order valence-corrected chi connectivity index (χ0v) is 13.2. The summed E-state index contributed by atoms with van der Waals surface area (Å²) < 4.78 is 7.91. The van der Waals surface area contributed by atoms with Crippen LogP contribution < -0.4 is 4.74 Å². The Morgan fingerprint density at radius 1 is 1.29 bits per heavy atom. The summed E-state index contributed by atoms with van der Waals surface area (Å²) in [5.41, 5.74) is 3.94. The maximum absolute atomic E-state index is 9.48. The van der Waals surface area contributed by atoms with Crippen LogP contribution in [0.25, 0.3) is 16.9 Å². The molecule has 3 rings (SSSR count). The van der Waals surface area contributed by atoms with Crippen molar-refractivity contribution >= 4 is 21.6 Å². The number of halogens is 1. The Morgan fingerprint density at radius 3 is 2.62 bits per heavy atom. The number of hydrogen-bond donors (Lipinski definition) is 0. The molecule has 0 spiro atoms. The lowest BCUT2D eigenvalue weighted by molar-refractivity contribution is 0.415. The Kier molecular flexibility index (Phi) is 3.40. The van der Waals surface area contributed by atoms with Gasteiger partial charge in [0.15, 0.2) is 5.69 Å². The van der Waals surface area contributed by atoms with Crippen molar-refractivity contribution in [3.05, 3.63) is 52.3 Å². The maximum Gasteiger partial charge on any atom is 0.152 e. The quantitative estimate of drug-likeness (QED) is 0.708. The number of nitriles is 1. The van der Waals surface area contributed by atoms with Gasteiger partial charge in [0.1, 0.15) is 23.2 Å². The number of aromatic nitrogens is 2. The summed E-state index contributed by atoms with van der Waals surface area (Å²) in [5, 5.41) is 9.48. The van der Waals surface area contributed by atoms with Gasteiger partial charge in [0.2, 0.25) is 0 Å². The molecule has 0 aliphatic rings. The summed E-state index contributed by atoms with van der Waals surface area (Å²) in [6, 6.07) is 11.7. The zero-order valence-electron chi connectivity index (χ0n) is 11.6. The van der Waals surface area contributed by atoms with Crippen molar-refractivity contribution < 1.29 is 4.74 Å². The number of fused-ring (bicyclic) bond motifs is 1. The Hall–Kier alpha value is -2.32. The van der Waals surface area contributed by atoms with Gasteiger partial charge in [-0.15, -0.1) is 0 Å². The predicted octanol–water partition coefficient (Wildman–Crippen LogP) is 3.95. The van der Waals surface area contributed by atoms with Crippen molar-refractivity contribution in [3.8, 4) is 23.1 Å². The summed E-state index contributed by atoms with van der Waals surface area (Å²) in [7, 11) is 1.63. The van der Waals surface area contributed by atoms with Gasteiger partial charge in [-0.3, -0.25) is 4.40 Å². The molecule has 0 fully saturated rings. The highest BCUT2D eigenvalue weighted by Gasteiger charge is 2.14. The SMILES string of the molecule is COc1ccc(-c2nc3cc(C)c(Br)cn3c2C#N)cc1. The summed E-state index contributed by atoms with van der Waals surface area (Å²) in [5.74, 6) is 0.777. The van der Waals surface area contributed by atoms with Crippen LogP contribution in [0.4, 0.5) is 0 Å². The second kappa shape index (κ2) is 5.23. The van der Waals surface area contributed by atoms with Crippen molar-refractivity contribution in [2.45, 2.75) is 6.92 Å². The minimum Gasteiger partial charge on any atom is -0.497 e. The van der Waals surface area contributed by atoms with Crippen molar-refractivity contribution in [2.24, 2.45) is 0 Å². The number of benzene rings is 1. The van der Waals surface area contributed by atoms with E-state index in [0.29, 0.717) is 11.4 Å². The van der Waals surface area contributed by atoms with Crippen LogP contribution in [0.5, 0.6) is 5.75 Å². The minimum absolute atomic E-state index is 0.524. The molecule has 2 aromatic heterocycles. The second-order valence-corrected chi connectivity index (χ2v) is 5.54. The van der Waals surface area contributed by atoms with Crippen LogP contribution in [-0.2, 0) is 0 Å². The highest BCUT2D eigenvalue weighted by Crippen LogP contribution is 2.28. The highest BCUT2D eigenvalue weighted by molar-refractivity contribution is 9.10. The van der Waals surface area contributed by atoms with Crippen LogP contribution in [-0.4, -0.2) is 16.5 Å². The molecule has 21 heavy (non-hydrogen) atoms. The van der Waals surface area contributed by atoms with E-state index in [4.69, 9.17) is 4.74 Å². The maximum atomic E-state index is 9.48. The molecule has 0 N–H and O–H groups in total. The average Bonchev–Trinajstić information content (AvgIpc) is 2.85. The second-order valence-electron chi connectivity index (χ2n) is 4.68. The predicted molar refractivity (Wildman–Crippen MR) is 84.3 cm³/mol. The van der Waals surface area contributed by atoms with E-state index in [1.807, 2.05) is 43.5 Å². The molecule has 0 aliphatic carbocycles. The Labute approximate surface area is 130 Å². The van der Waals surface area contributed by atoms with E-state index in [-0.39, 0.29) is 0 Å². The normalized spacial score (nSPS) is 10.6. The lowest BCUT2D eigenvalue weighted by atomic mass is 10.1. The van der Waals surface area contributed by atoms with Crippen LogP contribution >= 0.6 is 15.9 Å². The number of methoxy groups -OCH3 is 1. The van der Waals surface area contributed by atoms with Crippen LogP contribution in [0.1, 0.15) is 11.3 Å². The molecule has 1 aromatic carbocycles. The number of imidazole rings is 1. The first kappa shape index (κ1) is 13.7. The molecule has 5 heteroatoms. The first-order chi connectivity index (χ1) is 10.1. The summed E-state index contributed by atoms with van der Waals surface area (Å²) in [6.45, 7) is 2.00. The van der Waals surface area contributed by atoms with Gasteiger partial charge in [-0.05, 0) is 58.7 Å². The first-order valence-electron chi connectivity index (χ1n) is 6.36. The molecule has 0 bridgehead atoms. The molecule has 0 radical (unpaired) electrons. The van der Waals surface area contributed by atoms with Gasteiger partial charge in [-0.25, -0.2) is 4.98 Å². The van der Waals surface area contributed by atoms with Crippen LogP contribution in [0.2, 0.25) is 0 Å². The van der Waals surface area contributed by atoms with E-state index < -0.39 is 0 Å². The third kappa shape index (κ3) is 2.28. The van der Waals surface area contributed by atoms with Gasteiger partial charge in [-0.1, -0.05) is 0 Å². The lowest BCUT2D eigenvalue weighted by Gasteiger charge is -2.01. The van der Waals surface area contributed by atoms with E-state index in [1.165, 1.54) is 0 Å². The molecule has 0 saturated carbocycles. The molecule has 4 nitrogen and oxygen atoms in total. The van der Waals surface area contributed by atoms with E-state index in [9.17, 15) is 5.26 Å². The van der Waals surface area contributed by atoms with E-state index in [1.54, 1.807) is 11.5 Å².